The number of nitrogens with zero attached hydrogens (tertiary/aromatic N) is 3. The van der Waals surface area contributed by atoms with Crippen LogP contribution in [0.15, 0.2) is 88.6 Å². The molecular weight excluding hydrogens is 448 g/mol. The molecule has 0 fully saturated rings. The smallest absolute Gasteiger partial charge is 0.337 e. The number of para-hydroxylation sites is 1. The minimum atomic E-state index is -0.414. The summed E-state index contributed by atoms with van der Waals surface area (Å²) in [5.74, 6) is -0.414. The first-order valence-electron chi connectivity index (χ1n) is 10.6. The van der Waals surface area contributed by atoms with E-state index in [1.54, 1.807) is 31.2 Å². The lowest BCUT2D eigenvalue weighted by Crippen LogP contribution is -2.19. The first-order chi connectivity index (χ1) is 16.5. The van der Waals surface area contributed by atoms with Crippen molar-refractivity contribution < 1.29 is 9.53 Å². The molecule has 0 saturated carbocycles. The molecule has 0 spiro atoms. The highest BCUT2D eigenvalue weighted by Crippen LogP contribution is 2.27. The minimum absolute atomic E-state index is 0.231. The Morgan fingerprint density at radius 2 is 1.71 bits per heavy atom. The summed E-state index contributed by atoms with van der Waals surface area (Å²) < 4.78 is 7.22. The standard InChI is InChI=1S/C26H20N4O3S/c1-16(27-19-14-12-18(13-15-19)25(32)33-2)22-23(17-8-4-3-5-9-17)29-30(24(22)31)26-28-20-10-6-7-11-21(20)34-26/h3-15,29H,1-2H3. The number of benzene rings is 3. The van der Waals surface area contributed by atoms with Gasteiger partial charge >= 0.3 is 5.97 Å². The second-order valence-corrected chi connectivity index (χ2v) is 8.58. The Labute approximate surface area is 199 Å². The molecule has 2 heterocycles. The summed E-state index contributed by atoms with van der Waals surface area (Å²) >= 11 is 1.44. The molecule has 5 aromatic rings. The average molecular weight is 469 g/mol. The summed E-state index contributed by atoms with van der Waals surface area (Å²) in [4.78, 5) is 34.6. The number of esters is 1. The van der Waals surface area contributed by atoms with Gasteiger partial charge in [-0.1, -0.05) is 53.8 Å². The molecule has 0 aliphatic heterocycles. The fraction of sp³-hybridized carbons (Fsp3) is 0.0769. The number of methoxy groups -OCH3 is 1. The number of hydrogen-bond acceptors (Lipinski definition) is 6. The summed E-state index contributed by atoms with van der Waals surface area (Å²) in [5.41, 5.74) is 4.20. The van der Waals surface area contributed by atoms with Crippen LogP contribution in [0.5, 0.6) is 0 Å². The monoisotopic (exact) mass is 468 g/mol. The van der Waals surface area contributed by atoms with Gasteiger partial charge < -0.3 is 4.74 Å². The number of aliphatic imine (C=N–C) groups is 1. The molecule has 0 radical (unpaired) electrons. The van der Waals surface area contributed by atoms with Gasteiger partial charge in [-0.05, 0) is 43.3 Å². The van der Waals surface area contributed by atoms with Crippen molar-refractivity contribution in [2.75, 3.05) is 7.11 Å². The number of ether oxygens (including phenoxy) is 1. The van der Waals surface area contributed by atoms with Crippen molar-refractivity contribution in [3.63, 3.8) is 0 Å². The van der Waals surface area contributed by atoms with Crippen LogP contribution in [-0.4, -0.2) is 33.6 Å². The maximum atomic E-state index is 13.6. The molecular formula is C26H20N4O3S. The fourth-order valence-electron chi connectivity index (χ4n) is 3.72. The van der Waals surface area contributed by atoms with Gasteiger partial charge in [-0.2, -0.15) is 4.68 Å². The van der Waals surface area contributed by atoms with Crippen molar-refractivity contribution in [1.82, 2.24) is 14.8 Å². The Balaban J connectivity index is 1.64. The van der Waals surface area contributed by atoms with E-state index in [4.69, 9.17) is 4.74 Å². The fourth-order valence-corrected chi connectivity index (χ4v) is 4.64. The Hall–Kier alpha value is -4.30. The molecule has 34 heavy (non-hydrogen) atoms. The van der Waals surface area contributed by atoms with E-state index < -0.39 is 5.97 Å². The van der Waals surface area contributed by atoms with Gasteiger partial charge in [0.2, 0.25) is 5.13 Å². The second kappa shape index (κ2) is 8.92. The van der Waals surface area contributed by atoms with E-state index in [2.05, 4.69) is 15.1 Å². The summed E-state index contributed by atoms with van der Waals surface area (Å²) in [6.45, 7) is 1.80. The van der Waals surface area contributed by atoms with Crippen LogP contribution in [0.25, 0.3) is 26.6 Å². The molecule has 3 aromatic carbocycles. The van der Waals surface area contributed by atoms with Gasteiger partial charge in [0.25, 0.3) is 5.56 Å². The molecule has 8 heteroatoms. The summed E-state index contributed by atoms with van der Waals surface area (Å²) in [5, 5.41) is 3.81. The van der Waals surface area contributed by atoms with Crippen molar-refractivity contribution in [2.45, 2.75) is 6.92 Å². The Bertz CT molecular complexity index is 1550. The van der Waals surface area contributed by atoms with Crippen LogP contribution in [0, 0.1) is 0 Å². The number of fused-ring (bicyclic) bond motifs is 1. The molecule has 7 nitrogen and oxygen atoms in total. The first kappa shape index (κ1) is 21.5. The van der Waals surface area contributed by atoms with Gasteiger partial charge in [0.1, 0.15) is 0 Å². The van der Waals surface area contributed by atoms with E-state index in [9.17, 15) is 9.59 Å². The van der Waals surface area contributed by atoms with Crippen LogP contribution >= 0.6 is 11.3 Å². The lowest BCUT2D eigenvalue weighted by atomic mass is 10.1. The van der Waals surface area contributed by atoms with Gasteiger partial charge in [0.05, 0.1) is 45.5 Å². The number of thiazole rings is 1. The van der Waals surface area contributed by atoms with Gasteiger partial charge in [-0.25, -0.2) is 9.78 Å². The first-order valence-corrected chi connectivity index (χ1v) is 11.4. The number of rotatable bonds is 5. The van der Waals surface area contributed by atoms with Crippen molar-refractivity contribution >= 4 is 38.9 Å². The van der Waals surface area contributed by atoms with Crippen LogP contribution in [0.2, 0.25) is 0 Å². The van der Waals surface area contributed by atoms with Gasteiger partial charge in [-0.3, -0.25) is 14.9 Å². The summed E-state index contributed by atoms with van der Waals surface area (Å²) in [6.07, 6.45) is 0. The van der Waals surface area contributed by atoms with E-state index in [1.807, 2.05) is 54.6 Å². The molecule has 0 atom stereocenters. The van der Waals surface area contributed by atoms with Gasteiger partial charge in [-0.15, -0.1) is 0 Å². The molecule has 0 bridgehead atoms. The number of carbonyl (C=O) groups is 1. The van der Waals surface area contributed by atoms with Crippen LogP contribution in [-0.2, 0) is 4.74 Å². The third kappa shape index (κ3) is 3.95. The number of aromatic amines is 1. The maximum Gasteiger partial charge on any atom is 0.337 e. The van der Waals surface area contributed by atoms with Crippen LogP contribution in [0.1, 0.15) is 22.8 Å². The topological polar surface area (TPSA) is 89.3 Å². The number of H-pyrrole nitrogens is 1. The third-order valence-corrected chi connectivity index (χ3v) is 6.40. The zero-order chi connectivity index (χ0) is 23.7. The third-order valence-electron chi connectivity index (χ3n) is 5.37. The van der Waals surface area contributed by atoms with Crippen molar-refractivity contribution in [1.29, 1.82) is 0 Å². The lowest BCUT2D eigenvalue weighted by molar-refractivity contribution is 0.0601. The molecule has 0 aliphatic carbocycles. The van der Waals surface area contributed by atoms with Crippen LogP contribution < -0.4 is 5.56 Å². The van der Waals surface area contributed by atoms with Crippen LogP contribution in [0.3, 0.4) is 0 Å². The number of nitrogens with one attached hydrogen (secondary N) is 1. The average Bonchev–Trinajstić information content (AvgIpc) is 3.45. The number of hydrogen-bond donors (Lipinski definition) is 1. The Morgan fingerprint density at radius 3 is 2.41 bits per heavy atom. The predicted molar refractivity (Wildman–Crippen MR) is 135 cm³/mol. The van der Waals surface area contributed by atoms with Gasteiger partial charge in [0.15, 0.2) is 0 Å². The summed E-state index contributed by atoms with van der Waals surface area (Å²) in [6, 6.07) is 24.2. The quantitative estimate of drug-likeness (QED) is 0.277. The van der Waals surface area contributed by atoms with Crippen molar-refractivity contribution in [3.8, 4) is 16.4 Å². The van der Waals surface area contributed by atoms with E-state index >= 15 is 0 Å². The van der Waals surface area contributed by atoms with Gasteiger partial charge in [0, 0.05) is 5.56 Å². The molecule has 0 aliphatic rings. The Kier molecular flexibility index (Phi) is 5.65. The van der Waals surface area contributed by atoms with E-state index in [-0.39, 0.29) is 5.56 Å². The second-order valence-electron chi connectivity index (χ2n) is 7.57. The summed E-state index contributed by atoms with van der Waals surface area (Å²) in [7, 11) is 1.34. The van der Waals surface area contributed by atoms with Crippen molar-refractivity contribution in [3.05, 3.63) is 100 Å². The normalized spacial score (nSPS) is 11.6. The highest BCUT2D eigenvalue weighted by atomic mass is 32.1. The molecule has 168 valence electrons. The van der Waals surface area contributed by atoms with E-state index in [0.29, 0.717) is 33.4 Å². The highest BCUT2D eigenvalue weighted by Gasteiger charge is 2.21. The number of carbonyl (C=O) groups excluding carboxylic acids is 1. The largest absolute Gasteiger partial charge is 0.465 e. The van der Waals surface area contributed by atoms with Crippen LogP contribution in [0.4, 0.5) is 5.69 Å². The maximum absolute atomic E-state index is 13.6. The number of aromatic nitrogens is 3. The molecule has 0 saturated heterocycles. The lowest BCUT2D eigenvalue weighted by Gasteiger charge is -2.03. The zero-order valence-electron chi connectivity index (χ0n) is 18.5. The predicted octanol–water partition coefficient (Wildman–Crippen LogP) is 5.37. The molecule has 5 rings (SSSR count). The van der Waals surface area contributed by atoms with Crippen molar-refractivity contribution in [2.24, 2.45) is 4.99 Å². The Morgan fingerprint density at radius 1 is 1.00 bits per heavy atom. The minimum Gasteiger partial charge on any atom is -0.465 e. The molecule has 2 aromatic heterocycles. The van der Waals surface area contributed by atoms with E-state index in [0.717, 1.165) is 15.8 Å². The molecule has 0 unspecified atom stereocenters. The SMILES string of the molecule is COC(=O)c1ccc(N=C(C)c2c(-c3ccccc3)[nH]n(-c3nc4ccccc4s3)c2=O)cc1. The van der Waals surface area contributed by atoms with E-state index in [1.165, 1.54) is 23.1 Å². The molecule has 1 N–H and O–H groups in total. The highest BCUT2D eigenvalue weighted by molar-refractivity contribution is 7.20. The zero-order valence-corrected chi connectivity index (χ0v) is 19.3. The molecule has 0 amide bonds.